The summed E-state index contributed by atoms with van der Waals surface area (Å²) in [5.74, 6) is 1.38. The molecule has 0 saturated heterocycles. The van der Waals surface area contributed by atoms with Crippen LogP contribution in [0.25, 0.3) is 0 Å². The average molecular weight is 435 g/mol. The first kappa shape index (κ1) is 20.6. The molecule has 0 bridgehead atoms. The number of ether oxygens (including phenoxy) is 1. The predicted octanol–water partition coefficient (Wildman–Crippen LogP) is 3.99. The van der Waals surface area contributed by atoms with Crippen LogP contribution in [0.4, 0.5) is 5.82 Å². The fourth-order valence-corrected chi connectivity index (χ4v) is 3.65. The summed E-state index contributed by atoms with van der Waals surface area (Å²) < 4.78 is 11.0. The number of carbonyl (C=O) groups is 1. The van der Waals surface area contributed by atoms with Gasteiger partial charge in [-0.05, 0) is 49.3 Å². The topological polar surface area (TPSA) is 88.4 Å². The van der Waals surface area contributed by atoms with Gasteiger partial charge in [0.05, 0.1) is 11.6 Å². The molecule has 8 heteroatoms. The van der Waals surface area contributed by atoms with E-state index in [1.54, 1.807) is 13.0 Å². The first-order valence-corrected chi connectivity index (χ1v) is 10.2. The van der Waals surface area contributed by atoms with E-state index in [0.717, 1.165) is 11.1 Å². The Bertz CT molecular complexity index is 1140. The second-order valence-electron chi connectivity index (χ2n) is 7.19. The van der Waals surface area contributed by atoms with Crippen molar-refractivity contribution in [1.82, 2.24) is 15.8 Å². The zero-order valence-electron chi connectivity index (χ0n) is 17.1. The molecule has 158 valence electrons. The molecule has 1 aliphatic heterocycles. The summed E-state index contributed by atoms with van der Waals surface area (Å²) in [6.45, 7) is 4.04. The number of nitrogens with zero attached hydrogens (tertiary/aromatic N) is 1. The Morgan fingerprint density at radius 3 is 2.71 bits per heavy atom. The summed E-state index contributed by atoms with van der Waals surface area (Å²) in [5.41, 5.74) is 3.11. The fraction of sp³-hybridized carbons (Fsp3) is 0.174. The van der Waals surface area contributed by atoms with E-state index in [0.29, 0.717) is 40.3 Å². The van der Waals surface area contributed by atoms with Gasteiger partial charge in [-0.2, -0.15) is 0 Å². The van der Waals surface area contributed by atoms with Crippen molar-refractivity contribution in [3.63, 3.8) is 0 Å². The van der Waals surface area contributed by atoms with Gasteiger partial charge in [0.1, 0.15) is 18.1 Å². The van der Waals surface area contributed by atoms with Crippen molar-refractivity contribution in [1.29, 1.82) is 0 Å². The second-order valence-corrected chi connectivity index (χ2v) is 7.60. The number of carbonyl (C=O) groups excluding carboxylic acids is 1. The zero-order valence-corrected chi connectivity index (χ0v) is 18.0. The third-order valence-electron chi connectivity index (χ3n) is 4.82. The van der Waals surface area contributed by atoms with E-state index in [4.69, 9.17) is 21.5 Å². The maximum absolute atomic E-state index is 13.1. The van der Waals surface area contributed by atoms with Gasteiger partial charge in [-0.1, -0.05) is 47.6 Å². The molecule has 2 heterocycles. The Balaban J connectivity index is 1.57. The minimum Gasteiger partial charge on any atom is -0.489 e. The molecule has 7 nitrogen and oxygen atoms in total. The van der Waals surface area contributed by atoms with Crippen LogP contribution in [-0.2, 0) is 11.4 Å². The molecule has 1 unspecified atom stereocenters. The summed E-state index contributed by atoms with van der Waals surface area (Å²) in [4.78, 5) is 13.1. The van der Waals surface area contributed by atoms with Crippen molar-refractivity contribution in [3.8, 4) is 5.75 Å². The molecule has 2 aromatic carbocycles. The van der Waals surface area contributed by atoms with Crippen LogP contribution in [0.15, 0.2) is 76.5 Å². The first-order valence-electron chi connectivity index (χ1n) is 9.79. The van der Waals surface area contributed by atoms with E-state index in [2.05, 4.69) is 21.1 Å². The molecular weight excluding hydrogens is 412 g/mol. The van der Waals surface area contributed by atoms with Crippen molar-refractivity contribution in [2.75, 3.05) is 5.32 Å². The molecular formula is C23H22N4O3S. The van der Waals surface area contributed by atoms with E-state index < -0.39 is 6.04 Å². The Hall–Kier alpha value is -3.65. The number of nitrogens with one attached hydrogen (secondary N) is 3. The van der Waals surface area contributed by atoms with Crippen LogP contribution >= 0.6 is 12.2 Å². The van der Waals surface area contributed by atoms with Gasteiger partial charge < -0.3 is 25.2 Å². The summed E-state index contributed by atoms with van der Waals surface area (Å²) in [6, 6.07) is 18.8. The van der Waals surface area contributed by atoms with Crippen LogP contribution in [0.3, 0.4) is 0 Å². The number of thiocarbonyl (C=S) groups is 1. The standard InChI is InChI=1S/C23H22N4O3S/c1-14-11-19(27-30-14)25-22(28)20-15(2)24-23(31)26-21(20)17-9-6-10-18(12-17)29-13-16-7-4-3-5-8-16/h3-12,21H,13H2,1-2H3,(H2,24,26,31)(H,25,27,28). The van der Waals surface area contributed by atoms with Crippen molar-refractivity contribution in [2.45, 2.75) is 26.5 Å². The van der Waals surface area contributed by atoms with E-state index >= 15 is 0 Å². The number of anilines is 1. The van der Waals surface area contributed by atoms with Gasteiger partial charge in [-0.15, -0.1) is 0 Å². The molecule has 1 aromatic heterocycles. The molecule has 1 aliphatic rings. The lowest BCUT2D eigenvalue weighted by Gasteiger charge is -2.30. The van der Waals surface area contributed by atoms with Crippen molar-refractivity contribution >= 4 is 29.1 Å². The maximum atomic E-state index is 13.1. The van der Waals surface area contributed by atoms with Crippen LogP contribution in [0.2, 0.25) is 0 Å². The third-order valence-corrected chi connectivity index (χ3v) is 5.04. The fourth-order valence-electron chi connectivity index (χ4n) is 3.38. The highest BCUT2D eigenvalue weighted by Gasteiger charge is 2.30. The number of amides is 1. The molecule has 3 aromatic rings. The number of aromatic nitrogens is 1. The Labute approximate surface area is 185 Å². The Kier molecular flexibility index (Phi) is 5.99. The Morgan fingerprint density at radius 1 is 1.16 bits per heavy atom. The highest BCUT2D eigenvalue weighted by atomic mass is 32.1. The van der Waals surface area contributed by atoms with Gasteiger partial charge in [-0.25, -0.2) is 0 Å². The van der Waals surface area contributed by atoms with Crippen molar-refractivity contribution < 1.29 is 14.1 Å². The lowest BCUT2D eigenvalue weighted by molar-refractivity contribution is -0.113. The number of hydrogen-bond donors (Lipinski definition) is 3. The minimum absolute atomic E-state index is 0.297. The van der Waals surface area contributed by atoms with Gasteiger partial charge in [0.15, 0.2) is 10.9 Å². The first-order chi connectivity index (χ1) is 15.0. The quantitative estimate of drug-likeness (QED) is 0.506. The molecule has 0 spiro atoms. The summed E-state index contributed by atoms with van der Waals surface area (Å²) in [7, 11) is 0. The smallest absolute Gasteiger partial charge is 0.257 e. The zero-order chi connectivity index (χ0) is 21.8. The lowest BCUT2D eigenvalue weighted by atomic mass is 9.95. The van der Waals surface area contributed by atoms with E-state index in [1.165, 1.54) is 0 Å². The number of rotatable bonds is 6. The number of allylic oxidation sites excluding steroid dienone is 1. The monoisotopic (exact) mass is 434 g/mol. The van der Waals surface area contributed by atoms with Crippen LogP contribution in [-0.4, -0.2) is 16.2 Å². The molecule has 0 aliphatic carbocycles. The molecule has 0 saturated carbocycles. The lowest BCUT2D eigenvalue weighted by Crippen LogP contribution is -2.45. The highest BCUT2D eigenvalue weighted by Crippen LogP contribution is 2.30. The maximum Gasteiger partial charge on any atom is 0.257 e. The summed E-state index contributed by atoms with van der Waals surface area (Å²) >= 11 is 5.33. The van der Waals surface area contributed by atoms with Gasteiger partial charge in [0.25, 0.3) is 5.91 Å². The number of hydrogen-bond acceptors (Lipinski definition) is 5. The van der Waals surface area contributed by atoms with Gasteiger partial charge >= 0.3 is 0 Å². The van der Waals surface area contributed by atoms with E-state index in [-0.39, 0.29) is 5.91 Å². The van der Waals surface area contributed by atoms with Crippen molar-refractivity contribution in [3.05, 3.63) is 88.8 Å². The molecule has 31 heavy (non-hydrogen) atoms. The van der Waals surface area contributed by atoms with Gasteiger partial charge in [-0.3, -0.25) is 4.79 Å². The summed E-state index contributed by atoms with van der Waals surface area (Å²) in [6.07, 6.45) is 0. The van der Waals surface area contributed by atoms with Crippen molar-refractivity contribution in [2.24, 2.45) is 0 Å². The van der Waals surface area contributed by atoms with E-state index in [1.807, 2.05) is 61.5 Å². The van der Waals surface area contributed by atoms with Crippen LogP contribution in [0.5, 0.6) is 5.75 Å². The second kappa shape index (κ2) is 9.01. The highest BCUT2D eigenvalue weighted by molar-refractivity contribution is 7.80. The van der Waals surface area contributed by atoms with Crippen LogP contribution in [0.1, 0.15) is 29.9 Å². The molecule has 3 N–H and O–H groups in total. The normalized spacial score (nSPS) is 15.8. The third kappa shape index (κ3) is 4.92. The van der Waals surface area contributed by atoms with Crippen LogP contribution < -0.4 is 20.7 Å². The van der Waals surface area contributed by atoms with Gasteiger partial charge in [0, 0.05) is 11.8 Å². The molecule has 0 fully saturated rings. The summed E-state index contributed by atoms with van der Waals surface area (Å²) in [5, 5.41) is 13.3. The molecule has 0 radical (unpaired) electrons. The Morgan fingerprint density at radius 2 is 1.97 bits per heavy atom. The SMILES string of the molecule is CC1=C(C(=O)Nc2cc(C)on2)C(c2cccc(OCc3ccccc3)c2)NC(=S)N1. The molecule has 4 rings (SSSR count). The molecule has 1 atom stereocenters. The number of benzene rings is 2. The van der Waals surface area contributed by atoms with Crippen LogP contribution in [0, 0.1) is 6.92 Å². The number of aryl methyl sites for hydroxylation is 1. The van der Waals surface area contributed by atoms with E-state index in [9.17, 15) is 4.79 Å². The molecule has 1 amide bonds. The minimum atomic E-state index is -0.443. The average Bonchev–Trinajstić information content (AvgIpc) is 3.17. The van der Waals surface area contributed by atoms with Gasteiger partial charge in [0.2, 0.25) is 0 Å². The largest absolute Gasteiger partial charge is 0.489 e. The predicted molar refractivity (Wildman–Crippen MR) is 121 cm³/mol.